The molecule has 4 rings (SSSR count). The molecule has 172 valence electrons. The maximum absolute atomic E-state index is 13.5. The molecule has 9 heteroatoms. The minimum Gasteiger partial charge on any atom is -0.457 e. The highest BCUT2D eigenvalue weighted by atomic mass is 35.5. The Morgan fingerprint density at radius 2 is 1.82 bits per heavy atom. The Morgan fingerprint density at radius 1 is 1.09 bits per heavy atom. The molecular weight excluding hydrogens is 482 g/mol. The van der Waals surface area contributed by atoms with Crippen LogP contribution < -0.4 is 0 Å². The Labute approximate surface area is 201 Å². The number of ketones is 1. The number of carbonyl (C=O) groups is 2. The van der Waals surface area contributed by atoms with Gasteiger partial charge in [-0.2, -0.15) is 4.31 Å². The number of hydrogen-bond donors (Lipinski definition) is 0. The molecule has 1 aromatic heterocycles. The van der Waals surface area contributed by atoms with Gasteiger partial charge in [-0.1, -0.05) is 53.6 Å². The van der Waals surface area contributed by atoms with E-state index < -0.39 is 28.6 Å². The average molecular weight is 504 g/mol. The third kappa shape index (κ3) is 5.19. The van der Waals surface area contributed by atoms with Crippen molar-refractivity contribution in [2.45, 2.75) is 30.7 Å². The summed E-state index contributed by atoms with van der Waals surface area (Å²) < 4.78 is 34.0. The fourth-order valence-electron chi connectivity index (χ4n) is 3.87. The molecule has 0 radical (unpaired) electrons. The van der Waals surface area contributed by atoms with Crippen LogP contribution in [0.25, 0.3) is 0 Å². The lowest BCUT2D eigenvalue weighted by molar-refractivity contribution is -0.143. The third-order valence-electron chi connectivity index (χ3n) is 5.56. The van der Waals surface area contributed by atoms with Gasteiger partial charge in [-0.05, 0) is 48.7 Å². The van der Waals surface area contributed by atoms with Gasteiger partial charge in [-0.25, -0.2) is 8.42 Å². The van der Waals surface area contributed by atoms with E-state index in [1.165, 1.54) is 4.31 Å². The lowest BCUT2D eigenvalue weighted by Crippen LogP contribution is -2.41. The van der Waals surface area contributed by atoms with Crippen molar-refractivity contribution in [2.24, 2.45) is 0 Å². The van der Waals surface area contributed by atoms with E-state index in [0.29, 0.717) is 15.6 Å². The summed E-state index contributed by atoms with van der Waals surface area (Å²) in [7, 11) is -3.84. The van der Waals surface area contributed by atoms with Crippen molar-refractivity contribution >= 4 is 44.7 Å². The van der Waals surface area contributed by atoms with Gasteiger partial charge in [0.2, 0.25) is 15.8 Å². The highest BCUT2D eigenvalue weighted by Gasteiger charge is 2.37. The molecule has 1 atom stereocenters. The number of Topliss-reactive ketones (excluding diaryl/α,β-unsaturated/α-hetero) is 1. The number of fused-ring (bicyclic) bond motifs is 1. The molecule has 1 aliphatic heterocycles. The van der Waals surface area contributed by atoms with E-state index in [0.717, 1.165) is 28.0 Å². The number of rotatable bonds is 7. The molecule has 6 nitrogen and oxygen atoms in total. The van der Waals surface area contributed by atoms with E-state index in [-0.39, 0.29) is 23.6 Å². The number of sulfonamides is 1. The second kappa shape index (κ2) is 9.77. The third-order valence-corrected chi connectivity index (χ3v) is 8.76. The number of esters is 1. The Bertz CT molecular complexity index is 1280. The number of carbonyl (C=O) groups excluding carboxylic acids is 2. The number of nitrogens with zero attached hydrogens (tertiary/aromatic N) is 1. The molecule has 0 amide bonds. The Morgan fingerprint density at radius 3 is 2.52 bits per heavy atom. The van der Waals surface area contributed by atoms with Crippen molar-refractivity contribution < 1.29 is 22.7 Å². The summed E-state index contributed by atoms with van der Waals surface area (Å²) in [6, 6.07) is 16.6. The first kappa shape index (κ1) is 23.6. The first-order valence-corrected chi connectivity index (χ1v) is 13.0. The van der Waals surface area contributed by atoms with Gasteiger partial charge >= 0.3 is 5.97 Å². The largest absolute Gasteiger partial charge is 0.457 e. The Balaban J connectivity index is 1.56. The Kier molecular flexibility index (Phi) is 6.99. The second-order valence-electron chi connectivity index (χ2n) is 7.79. The van der Waals surface area contributed by atoms with Crippen LogP contribution in [0.2, 0.25) is 4.34 Å². The molecule has 0 bridgehead atoms. The highest BCUT2D eigenvalue weighted by molar-refractivity contribution is 7.89. The fraction of sp³-hybridized carbons (Fsp3) is 0.250. The van der Waals surface area contributed by atoms with E-state index in [1.54, 1.807) is 36.4 Å². The standard InChI is InChI=1S/C24H22ClNO5S2/c1-16-6-8-18(9-7-16)33(29,30)26-13-12-17-4-2-3-5-19(17)20(26)14-24(28)31-15-21(27)22-10-11-23(25)32-22/h2-11,20H,12-15H2,1H3/t20-/m0/s1. The van der Waals surface area contributed by atoms with Crippen LogP contribution in [0, 0.1) is 6.92 Å². The van der Waals surface area contributed by atoms with Gasteiger partial charge in [-0.3, -0.25) is 9.59 Å². The van der Waals surface area contributed by atoms with Gasteiger partial charge in [-0.15, -0.1) is 11.3 Å². The summed E-state index contributed by atoms with van der Waals surface area (Å²) in [5, 5.41) is 0. The van der Waals surface area contributed by atoms with Crippen LogP contribution in [0.15, 0.2) is 65.6 Å². The van der Waals surface area contributed by atoms with Crippen molar-refractivity contribution in [3.63, 3.8) is 0 Å². The van der Waals surface area contributed by atoms with E-state index in [2.05, 4.69) is 0 Å². The lowest BCUT2D eigenvalue weighted by Gasteiger charge is -2.36. The minimum atomic E-state index is -3.84. The predicted molar refractivity (Wildman–Crippen MR) is 127 cm³/mol. The summed E-state index contributed by atoms with van der Waals surface area (Å²) in [4.78, 5) is 25.5. The van der Waals surface area contributed by atoms with Crippen molar-refractivity contribution in [1.29, 1.82) is 0 Å². The van der Waals surface area contributed by atoms with Crippen molar-refractivity contribution in [1.82, 2.24) is 4.31 Å². The van der Waals surface area contributed by atoms with Crippen LogP contribution in [0.3, 0.4) is 0 Å². The van der Waals surface area contributed by atoms with Crippen LogP contribution in [-0.2, 0) is 26.0 Å². The van der Waals surface area contributed by atoms with E-state index >= 15 is 0 Å². The summed E-state index contributed by atoms with van der Waals surface area (Å²) in [6.45, 7) is 1.71. The van der Waals surface area contributed by atoms with Gasteiger partial charge in [0, 0.05) is 6.54 Å². The SMILES string of the molecule is Cc1ccc(S(=O)(=O)N2CCc3ccccc3[C@@H]2CC(=O)OCC(=O)c2ccc(Cl)s2)cc1. The van der Waals surface area contributed by atoms with Crippen LogP contribution in [0.5, 0.6) is 0 Å². The van der Waals surface area contributed by atoms with E-state index in [9.17, 15) is 18.0 Å². The van der Waals surface area contributed by atoms with Crippen molar-refractivity contribution in [3.05, 3.63) is 86.6 Å². The smallest absolute Gasteiger partial charge is 0.308 e. The molecule has 2 aromatic carbocycles. The summed E-state index contributed by atoms with van der Waals surface area (Å²) in [5.41, 5.74) is 2.72. The first-order chi connectivity index (χ1) is 15.8. The molecule has 0 spiro atoms. The number of thiophene rings is 1. The molecule has 33 heavy (non-hydrogen) atoms. The zero-order chi connectivity index (χ0) is 23.6. The number of halogens is 1. The monoisotopic (exact) mass is 503 g/mol. The zero-order valence-corrected chi connectivity index (χ0v) is 20.3. The van der Waals surface area contributed by atoms with E-state index in [1.807, 2.05) is 31.2 Å². The van der Waals surface area contributed by atoms with Crippen LogP contribution >= 0.6 is 22.9 Å². The maximum atomic E-state index is 13.5. The molecule has 0 saturated carbocycles. The van der Waals surface area contributed by atoms with E-state index in [4.69, 9.17) is 16.3 Å². The van der Waals surface area contributed by atoms with Gasteiger partial charge in [0.1, 0.15) is 0 Å². The van der Waals surface area contributed by atoms with Crippen LogP contribution in [0.4, 0.5) is 0 Å². The molecule has 2 heterocycles. The quantitative estimate of drug-likeness (QED) is 0.341. The van der Waals surface area contributed by atoms with Gasteiger partial charge in [0.05, 0.1) is 26.6 Å². The number of ether oxygens (including phenoxy) is 1. The molecular formula is C24H22ClNO5S2. The number of aryl methyl sites for hydroxylation is 1. The predicted octanol–water partition coefficient (Wildman–Crippen LogP) is 4.81. The van der Waals surface area contributed by atoms with Crippen LogP contribution in [0.1, 0.15) is 38.8 Å². The van der Waals surface area contributed by atoms with Crippen LogP contribution in [-0.4, -0.2) is 37.6 Å². The Hall–Kier alpha value is -2.52. The topological polar surface area (TPSA) is 80.8 Å². The average Bonchev–Trinajstić information content (AvgIpc) is 3.24. The summed E-state index contributed by atoms with van der Waals surface area (Å²) in [5.74, 6) is -0.995. The zero-order valence-electron chi connectivity index (χ0n) is 17.9. The minimum absolute atomic E-state index is 0.176. The maximum Gasteiger partial charge on any atom is 0.308 e. The number of hydrogen-bond acceptors (Lipinski definition) is 6. The fourth-order valence-corrected chi connectivity index (χ4v) is 6.44. The second-order valence-corrected chi connectivity index (χ2v) is 11.4. The van der Waals surface area contributed by atoms with Gasteiger partial charge in [0.25, 0.3) is 0 Å². The molecule has 0 N–H and O–H groups in total. The van der Waals surface area contributed by atoms with Crippen molar-refractivity contribution in [3.8, 4) is 0 Å². The normalized spacial score (nSPS) is 16.2. The van der Waals surface area contributed by atoms with Crippen molar-refractivity contribution in [2.75, 3.05) is 13.2 Å². The molecule has 0 unspecified atom stereocenters. The summed E-state index contributed by atoms with van der Waals surface area (Å²) >= 11 is 6.97. The lowest BCUT2D eigenvalue weighted by atomic mass is 9.92. The molecule has 1 aliphatic rings. The molecule has 0 fully saturated rings. The van der Waals surface area contributed by atoms with Gasteiger partial charge < -0.3 is 4.74 Å². The first-order valence-electron chi connectivity index (χ1n) is 10.4. The molecule has 3 aromatic rings. The number of benzene rings is 2. The summed E-state index contributed by atoms with van der Waals surface area (Å²) in [6.07, 6.45) is 0.352. The highest BCUT2D eigenvalue weighted by Crippen LogP contribution is 2.36. The van der Waals surface area contributed by atoms with Gasteiger partial charge in [0.15, 0.2) is 6.61 Å². The molecule has 0 aliphatic carbocycles. The molecule has 0 saturated heterocycles.